The van der Waals surface area contributed by atoms with Gasteiger partial charge < -0.3 is 23.7 Å². The van der Waals surface area contributed by atoms with E-state index in [1.165, 1.54) is 89.9 Å². The summed E-state index contributed by atoms with van der Waals surface area (Å²) in [6.07, 6.45) is 26.7. The number of allylic oxidation sites excluding steroid dienone is 4. The van der Waals surface area contributed by atoms with Crippen LogP contribution in [0.4, 0.5) is 0 Å². The topological polar surface area (TPSA) is 52.8 Å². The van der Waals surface area contributed by atoms with Gasteiger partial charge in [0, 0.05) is 0 Å². The lowest BCUT2D eigenvalue weighted by Gasteiger charge is -2.51. The highest BCUT2D eigenvalue weighted by molar-refractivity contribution is 5.27. The van der Waals surface area contributed by atoms with E-state index in [1.54, 1.807) is 0 Å². The molecule has 0 bridgehead atoms. The second-order valence-electron chi connectivity index (χ2n) is 18.2. The van der Waals surface area contributed by atoms with Gasteiger partial charge in [-0.1, -0.05) is 37.1 Å². The van der Waals surface area contributed by atoms with Crippen molar-refractivity contribution in [2.24, 2.45) is 70.0 Å². The first kappa shape index (κ1) is 29.2. The van der Waals surface area contributed by atoms with E-state index < -0.39 is 0 Å². The summed E-state index contributed by atoms with van der Waals surface area (Å²) in [6, 6.07) is 0. The van der Waals surface area contributed by atoms with Crippen molar-refractivity contribution in [1.29, 1.82) is 0 Å². The molecule has 0 aromatic heterocycles. The number of epoxide rings is 2. The van der Waals surface area contributed by atoms with E-state index in [2.05, 4.69) is 26.0 Å². The van der Waals surface area contributed by atoms with Gasteiger partial charge >= 0.3 is 0 Å². The molecule has 0 aromatic rings. The number of fused-ring (bicyclic) bond motifs is 12. The van der Waals surface area contributed by atoms with Crippen LogP contribution in [-0.4, -0.2) is 51.2 Å². The summed E-state index contributed by atoms with van der Waals surface area (Å²) in [5.74, 6) is 8.05. The summed E-state index contributed by atoms with van der Waals surface area (Å²) >= 11 is 0. The van der Waals surface area contributed by atoms with Crippen LogP contribution in [0.2, 0.25) is 0 Å². The van der Waals surface area contributed by atoms with Crippen LogP contribution >= 0.6 is 0 Å². The maximum Gasteiger partial charge on any atom is 0.149 e. The molecule has 8 fully saturated rings. The zero-order chi connectivity index (χ0) is 29.9. The fraction of sp³-hybridized carbons (Fsp3) is 0.900. The zero-order valence-corrected chi connectivity index (χ0v) is 28.0. The lowest BCUT2D eigenvalue weighted by atomic mass is 9.54. The minimum absolute atomic E-state index is 0.362. The lowest BCUT2D eigenvalue weighted by Crippen LogP contribution is -2.43. The van der Waals surface area contributed by atoms with Gasteiger partial charge in [-0.3, -0.25) is 0 Å². The highest BCUT2D eigenvalue weighted by Crippen LogP contribution is 2.65. The van der Waals surface area contributed by atoms with Gasteiger partial charge in [0.05, 0.1) is 37.6 Å². The summed E-state index contributed by atoms with van der Waals surface area (Å²) in [7, 11) is 0. The highest BCUT2D eigenvalue weighted by atomic mass is 16.7. The largest absolute Gasteiger partial charge is 0.370 e. The molecule has 8 aliphatic carbocycles. The molecule has 248 valence electrons. The van der Waals surface area contributed by atoms with Crippen LogP contribution in [0.25, 0.3) is 0 Å². The molecule has 0 radical (unpaired) electrons. The first-order valence-electron chi connectivity index (χ1n) is 19.4. The standard InChI is InChI=1S/C40H58O5/c1-39-13-11-27-29(7-3-23-15-35-37(44-35)17-31(23)27)33(39)9-5-25(39)19-41-21-43-22-42-20-26-6-10-34-30-8-4-24-16-36-38(45-36)18-32(24)28(30)12-14-40(26,34)2/h11-12,23-26,29-38H,3-10,13-22H2,1-2H3/t23?,24?,25?,26?,29?,30?,31-,32?,33?,34?,35?,36?,37?,38?,39-,40-/m1/s1. The molecule has 6 saturated carbocycles. The molecule has 45 heavy (non-hydrogen) atoms. The van der Waals surface area contributed by atoms with Gasteiger partial charge in [-0.15, -0.1) is 0 Å². The molecular formula is C40H58O5. The summed E-state index contributed by atoms with van der Waals surface area (Å²) in [5.41, 5.74) is 4.47. The molecule has 2 saturated heterocycles. The van der Waals surface area contributed by atoms with Crippen LogP contribution in [0.5, 0.6) is 0 Å². The molecule has 5 nitrogen and oxygen atoms in total. The Bertz CT molecular complexity index is 1130. The van der Waals surface area contributed by atoms with Crippen molar-refractivity contribution in [2.75, 3.05) is 26.8 Å². The molecule has 0 aromatic carbocycles. The molecule has 5 heteroatoms. The average molecular weight is 619 g/mol. The van der Waals surface area contributed by atoms with Crippen molar-refractivity contribution in [2.45, 2.75) is 128 Å². The Morgan fingerprint density at radius 1 is 0.556 bits per heavy atom. The monoisotopic (exact) mass is 618 g/mol. The zero-order valence-electron chi connectivity index (χ0n) is 28.0. The quantitative estimate of drug-likeness (QED) is 0.119. The average Bonchev–Trinajstić information content (AvgIpc) is 3.93. The van der Waals surface area contributed by atoms with E-state index in [9.17, 15) is 0 Å². The van der Waals surface area contributed by atoms with Crippen molar-refractivity contribution in [3.63, 3.8) is 0 Å². The minimum atomic E-state index is 0.362. The number of hydrogen-bond acceptors (Lipinski definition) is 5. The molecule has 2 aliphatic heterocycles. The van der Waals surface area contributed by atoms with Gasteiger partial charge in [0.25, 0.3) is 0 Å². The van der Waals surface area contributed by atoms with Gasteiger partial charge in [-0.25, -0.2) is 0 Å². The number of hydrogen-bond donors (Lipinski definition) is 0. The SMILES string of the molecule is C[C@]12CC=C3C4CC5OC5CC4CCC3C1CCC2COCOCOCC1CCC2C3CCC4CC5OC5C[C@H]4C3=CC[C@]12C. The third-order valence-corrected chi connectivity index (χ3v) is 16.7. The Balaban J connectivity index is 0.684. The first-order chi connectivity index (χ1) is 22.0. The Hall–Kier alpha value is -0.720. The van der Waals surface area contributed by atoms with Crippen LogP contribution in [0, 0.1) is 70.0 Å². The lowest BCUT2D eigenvalue weighted by molar-refractivity contribution is -0.149. The molecular weight excluding hydrogens is 560 g/mol. The van der Waals surface area contributed by atoms with Crippen molar-refractivity contribution in [3.05, 3.63) is 23.3 Å². The van der Waals surface area contributed by atoms with Crippen LogP contribution < -0.4 is 0 Å². The van der Waals surface area contributed by atoms with E-state index in [1.807, 2.05) is 11.1 Å². The third-order valence-electron chi connectivity index (χ3n) is 16.7. The Morgan fingerprint density at radius 2 is 1.02 bits per heavy atom. The summed E-state index contributed by atoms with van der Waals surface area (Å²) in [4.78, 5) is 0. The van der Waals surface area contributed by atoms with Gasteiger partial charge in [0.15, 0.2) is 0 Å². The maximum atomic E-state index is 6.21. The summed E-state index contributed by atoms with van der Waals surface area (Å²) < 4.78 is 30.3. The molecule has 0 spiro atoms. The maximum absolute atomic E-state index is 6.21. The van der Waals surface area contributed by atoms with Crippen LogP contribution in [0.3, 0.4) is 0 Å². The predicted molar refractivity (Wildman–Crippen MR) is 172 cm³/mol. The minimum Gasteiger partial charge on any atom is -0.370 e. The van der Waals surface area contributed by atoms with Crippen LogP contribution in [0.1, 0.15) is 104 Å². The molecule has 2 heterocycles. The van der Waals surface area contributed by atoms with E-state index in [0.717, 1.165) is 60.6 Å². The van der Waals surface area contributed by atoms with E-state index in [-0.39, 0.29) is 0 Å². The highest BCUT2D eigenvalue weighted by Gasteiger charge is 2.59. The molecule has 0 N–H and O–H groups in total. The molecule has 10 aliphatic rings. The molecule has 0 amide bonds. The van der Waals surface area contributed by atoms with Crippen LogP contribution in [0.15, 0.2) is 23.3 Å². The van der Waals surface area contributed by atoms with Gasteiger partial charge in [0.2, 0.25) is 0 Å². The van der Waals surface area contributed by atoms with E-state index >= 15 is 0 Å². The Labute approximate surface area is 271 Å². The predicted octanol–water partition coefficient (Wildman–Crippen LogP) is 8.08. The Morgan fingerprint density at radius 3 is 1.51 bits per heavy atom. The molecule has 10 rings (SSSR count). The second kappa shape index (κ2) is 10.9. The van der Waals surface area contributed by atoms with E-state index in [4.69, 9.17) is 23.7 Å². The fourth-order valence-corrected chi connectivity index (χ4v) is 14.0. The van der Waals surface area contributed by atoms with Crippen molar-refractivity contribution >= 4 is 0 Å². The molecule has 13 unspecified atom stereocenters. The van der Waals surface area contributed by atoms with Crippen molar-refractivity contribution in [1.82, 2.24) is 0 Å². The first-order valence-corrected chi connectivity index (χ1v) is 19.4. The number of ether oxygens (including phenoxy) is 5. The fourth-order valence-electron chi connectivity index (χ4n) is 14.0. The summed E-state index contributed by atoms with van der Waals surface area (Å²) in [6.45, 7) is 7.56. The normalized spacial score (nSPS) is 55.0. The second-order valence-corrected chi connectivity index (χ2v) is 18.2. The van der Waals surface area contributed by atoms with Crippen molar-refractivity contribution in [3.8, 4) is 0 Å². The van der Waals surface area contributed by atoms with E-state index in [0.29, 0.717) is 60.7 Å². The van der Waals surface area contributed by atoms with Crippen LogP contribution in [-0.2, 0) is 23.7 Å². The smallest absolute Gasteiger partial charge is 0.149 e. The Kier molecular flexibility index (Phi) is 7.07. The van der Waals surface area contributed by atoms with Gasteiger partial charge in [0.1, 0.15) is 13.6 Å². The van der Waals surface area contributed by atoms with Crippen molar-refractivity contribution < 1.29 is 23.7 Å². The van der Waals surface area contributed by atoms with Gasteiger partial charge in [-0.05, 0) is 160 Å². The number of rotatable bonds is 8. The third kappa shape index (κ3) is 4.70. The molecule has 16 atom stereocenters. The van der Waals surface area contributed by atoms with Gasteiger partial charge in [-0.2, -0.15) is 0 Å². The summed E-state index contributed by atoms with van der Waals surface area (Å²) in [5, 5.41) is 0.